The van der Waals surface area contributed by atoms with Crippen LogP contribution in [0.25, 0.3) is 0 Å². The van der Waals surface area contributed by atoms with E-state index in [1.165, 1.54) is 25.5 Å². The summed E-state index contributed by atoms with van der Waals surface area (Å²) in [5.74, 6) is -1.42. The highest BCUT2D eigenvalue weighted by Gasteiger charge is 2.17. The molecule has 0 aliphatic heterocycles. The first kappa shape index (κ1) is 22.3. The van der Waals surface area contributed by atoms with Crippen LogP contribution in [0, 0.1) is 21.7 Å². The third-order valence-electron chi connectivity index (χ3n) is 4.29. The second-order valence-electron chi connectivity index (χ2n) is 6.44. The van der Waals surface area contributed by atoms with E-state index in [9.17, 15) is 23.7 Å². The molecule has 0 saturated carbocycles. The van der Waals surface area contributed by atoms with Gasteiger partial charge in [0.2, 0.25) is 0 Å². The number of carbonyl (C=O) groups excluding carboxylic acids is 1. The number of hydrogen-bond donors (Lipinski definition) is 1. The Morgan fingerprint density at radius 1 is 1.06 bits per heavy atom. The van der Waals surface area contributed by atoms with Gasteiger partial charge >= 0.3 is 5.69 Å². The van der Waals surface area contributed by atoms with Gasteiger partial charge in [0.15, 0.2) is 5.75 Å². The third kappa shape index (κ3) is 5.63. The lowest BCUT2D eigenvalue weighted by atomic mass is 10.1. The van der Waals surface area contributed by atoms with Crippen molar-refractivity contribution in [3.8, 4) is 11.5 Å². The molecule has 3 rings (SSSR count). The molecule has 10 heteroatoms. The molecule has 0 aromatic heterocycles. The summed E-state index contributed by atoms with van der Waals surface area (Å²) in [5.41, 5.74) is 3.28. The van der Waals surface area contributed by atoms with Crippen LogP contribution in [0.5, 0.6) is 11.5 Å². The molecule has 0 radical (unpaired) electrons. The summed E-state index contributed by atoms with van der Waals surface area (Å²) in [6.07, 6.45) is 1.37. The number of methoxy groups -OCH3 is 1. The van der Waals surface area contributed by atoms with E-state index in [0.717, 1.165) is 30.3 Å². The van der Waals surface area contributed by atoms with Crippen LogP contribution in [-0.2, 0) is 6.61 Å². The zero-order chi connectivity index (χ0) is 23.1. The fourth-order valence-electron chi connectivity index (χ4n) is 2.73. The second-order valence-corrected chi connectivity index (χ2v) is 6.44. The maximum absolute atomic E-state index is 13.5. The number of rotatable bonds is 8. The third-order valence-corrected chi connectivity index (χ3v) is 4.29. The molecule has 0 atom stereocenters. The lowest BCUT2D eigenvalue weighted by Gasteiger charge is -2.11. The maximum atomic E-state index is 13.5. The van der Waals surface area contributed by atoms with Gasteiger partial charge in [0, 0.05) is 23.3 Å². The number of hydrogen-bond acceptors (Lipinski definition) is 6. The maximum Gasteiger partial charge on any atom is 0.311 e. The van der Waals surface area contributed by atoms with Crippen LogP contribution in [-0.4, -0.2) is 24.2 Å². The molecule has 0 bridgehead atoms. The fourth-order valence-corrected chi connectivity index (χ4v) is 2.73. The van der Waals surface area contributed by atoms with Gasteiger partial charge in [-0.15, -0.1) is 0 Å². The second kappa shape index (κ2) is 10.1. The van der Waals surface area contributed by atoms with Gasteiger partial charge in [0.1, 0.15) is 24.0 Å². The number of halogens is 2. The van der Waals surface area contributed by atoms with Crippen molar-refractivity contribution in [3.63, 3.8) is 0 Å². The molecule has 164 valence electrons. The molecular formula is C22H17F2N3O5. The smallest absolute Gasteiger partial charge is 0.311 e. The van der Waals surface area contributed by atoms with Crippen LogP contribution in [0.1, 0.15) is 21.5 Å². The number of nitro benzene ring substituents is 1. The van der Waals surface area contributed by atoms with E-state index in [1.807, 2.05) is 0 Å². The molecule has 3 aromatic rings. The first-order chi connectivity index (χ1) is 15.4. The Labute approximate surface area is 181 Å². The first-order valence-electron chi connectivity index (χ1n) is 9.20. The van der Waals surface area contributed by atoms with Crippen molar-refractivity contribution in [1.29, 1.82) is 0 Å². The molecule has 0 unspecified atom stereocenters. The number of nitro groups is 1. The molecule has 0 heterocycles. The number of carbonyl (C=O) groups is 1. The lowest BCUT2D eigenvalue weighted by molar-refractivity contribution is -0.386. The van der Waals surface area contributed by atoms with Gasteiger partial charge < -0.3 is 9.47 Å². The van der Waals surface area contributed by atoms with Gasteiger partial charge in [-0.1, -0.05) is 0 Å². The zero-order valence-electron chi connectivity index (χ0n) is 16.7. The number of nitrogens with zero attached hydrogens (tertiary/aromatic N) is 2. The van der Waals surface area contributed by atoms with E-state index >= 15 is 0 Å². The molecule has 3 aromatic carbocycles. The van der Waals surface area contributed by atoms with Crippen LogP contribution < -0.4 is 14.9 Å². The number of amides is 1. The monoisotopic (exact) mass is 441 g/mol. The molecule has 0 saturated heterocycles. The minimum absolute atomic E-state index is 0.142. The molecule has 8 nitrogen and oxygen atoms in total. The number of hydrazone groups is 1. The number of ether oxygens (including phenoxy) is 2. The van der Waals surface area contributed by atoms with Crippen molar-refractivity contribution in [2.75, 3.05) is 7.11 Å². The van der Waals surface area contributed by atoms with Crippen molar-refractivity contribution in [1.82, 2.24) is 5.43 Å². The van der Waals surface area contributed by atoms with E-state index in [4.69, 9.17) is 9.47 Å². The van der Waals surface area contributed by atoms with Crippen LogP contribution >= 0.6 is 0 Å². The van der Waals surface area contributed by atoms with E-state index in [2.05, 4.69) is 10.5 Å². The van der Waals surface area contributed by atoms with E-state index in [0.29, 0.717) is 16.9 Å². The highest BCUT2D eigenvalue weighted by Crippen LogP contribution is 2.29. The van der Waals surface area contributed by atoms with Gasteiger partial charge in [-0.2, -0.15) is 5.10 Å². The van der Waals surface area contributed by atoms with Crippen LogP contribution in [0.3, 0.4) is 0 Å². The minimum Gasteiger partial charge on any atom is -0.496 e. The van der Waals surface area contributed by atoms with Crippen molar-refractivity contribution in [2.24, 2.45) is 5.10 Å². The Morgan fingerprint density at radius 2 is 1.78 bits per heavy atom. The number of nitrogens with one attached hydrogen (secondary N) is 1. The summed E-state index contributed by atoms with van der Waals surface area (Å²) < 4.78 is 37.2. The number of benzene rings is 3. The van der Waals surface area contributed by atoms with Crippen molar-refractivity contribution in [3.05, 3.63) is 99.1 Å². The van der Waals surface area contributed by atoms with Crippen LogP contribution in [0.15, 0.2) is 65.8 Å². The van der Waals surface area contributed by atoms with Crippen molar-refractivity contribution >= 4 is 17.8 Å². The van der Waals surface area contributed by atoms with Gasteiger partial charge in [-0.25, -0.2) is 14.2 Å². The molecule has 0 aliphatic carbocycles. The Hall–Kier alpha value is -4.34. The van der Waals surface area contributed by atoms with Gasteiger partial charge in [0.25, 0.3) is 5.91 Å². The Bertz CT molecular complexity index is 1170. The fraction of sp³-hybridized carbons (Fsp3) is 0.0909. The Morgan fingerprint density at radius 3 is 2.47 bits per heavy atom. The molecular weight excluding hydrogens is 424 g/mol. The van der Waals surface area contributed by atoms with Gasteiger partial charge in [-0.3, -0.25) is 14.9 Å². The van der Waals surface area contributed by atoms with Gasteiger partial charge in [-0.05, 0) is 54.1 Å². The Balaban J connectivity index is 1.72. The summed E-state index contributed by atoms with van der Waals surface area (Å²) in [6.45, 7) is -0.142. The SMILES string of the molecule is COc1ccc(/C=N\NC(=O)c2ccc(F)cc2)cc1COc1cc(F)ccc1[N+](=O)[O-]. The minimum atomic E-state index is -0.671. The average molecular weight is 441 g/mol. The van der Waals surface area contributed by atoms with E-state index in [1.54, 1.807) is 18.2 Å². The van der Waals surface area contributed by atoms with Crippen molar-refractivity contribution in [2.45, 2.75) is 6.61 Å². The van der Waals surface area contributed by atoms with Crippen LogP contribution in [0.4, 0.5) is 14.5 Å². The molecule has 0 fully saturated rings. The predicted octanol–water partition coefficient (Wildman–Crippen LogP) is 4.22. The standard InChI is InChI=1S/C22H17F2N3O5/c1-31-20-9-2-14(12-25-26-22(28)15-3-5-17(23)6-4-15)10-16(20)13-32-21-11-18(24)7-8-19(21)27(29)30/h2-12H,13H2,1H3,(H,26,28)/b25-12-. The topological polar surface area (TPSA) is 103 Å². The average Bonchev–Trinajstić information content (AvgIpc) is 2.78. The summed E-state index contributed by atoms with van der Waals surface area (Å²) in [7, 11) is 1.44. The molecule has 0 spiro atoms. The quantitative estimate of drug-likeness (QED) is 0.320. The summed E-state index contributed by atoms with van der Waals surface area (Å²) in [6, 6.07) is 12.8. The Kier molecular flexibility index (Phi) is 7.06. The summed E-state index contributed by atoms with van der Waals surface area (Å²) in [4.78, 5) is 22.5. The van der Waals surface area contributed by atoms with Crippen LogP contribution in [0.2, 0.25) is 0 Å². The largest absolute Gasteiger partial charge is 0.496 e. The van der Waals surface area contributed by atoms with Crippen molar-refractivity contribution < 1.29 is 28.0 Å². The van der Waals surface area contributed by atoms with E-state index in [-0.39, 0.29) is 23.6 Å². The summed E-state index contributed by atoms with van der Waals surface area (Å²) in [5, 5.41) is 15.0. The molecule has 1 amide bonds. The molecule has 0 aliphatic rings. The van der Waals surface area contributed by atoms with Gasteiger partial charge in [0.05, 0.1) is 18.2 Å². The lowest BCUT2D eigenvalue weighted by Crippen LogP contribution is -2.17. The highest BCUT2D eigenvalue weighted by molar-refractivity contribution is 5.94. The first-order valence-corrected chi connectivity index (χ1v) is 9.20. The normalized spacial score (nSPS) is 10.7. The summed E-state index contributed by atoms with van der Waals surface area (Å²) >= 11 is 0. The van der Waals surface area contributed by atoms with E-state index < -0.39 is 22.5 Å². The predicted molar refractivity (Wildman–Crippen MR) is 112 cm³/mol. The highest BCUT2D eigenvalue weighted by atomic mass is 19.1. The zero-order valence-corrected chi connectivity index (χ0v) is 16.7. The molecule has 1 N–H and O–H groups in total. The molecule has 32 heavy (non-hydrogen) atoms.